The summed E-state index contributed by atoms with van der Waals surface area (Å²) in [5, 5.41) is 0.716. The van der Waals surface area contributed by atoms with Crippen molar-refractivity contribution in [1.82, 2.24) is 4.90 Å². The van der Waals surface area contributed by atoms with E-state index >= 15 is 0 Å². The normalized spacial score (nSPS) is 16.5. The molecule has 24 heavy (non-hydrogen) atoms. The highest BCUT2D eigenvalue weighted by atomic mass is 35.5. The third-order valence-corrected chi connectivity index (χ3v) is 4.62. The lowest BCUT2D eigenvalue weighted by Gasteiger charge is -2.41. The molecular formula is C21H36ClNO. The van der Waals surface area contributed by atoms with Crippen LogP contribution < -0.4 is 0 Å². The first-order chi connectivity index (χ1) is 11.4. The average molecular weight is 354 g/mol. The largest absolute Gasteiger partial charge is 0.302 e. The van der Waals surface area contributed by atoms with Crippen LogP contribution in [-0.2, 0) is 10.2 Å². The third kappa shape index (κ3) is 6.22. The van der Waals surface area contributed by atoms with E-state index in [1.54, 1.807) is 0 Å². The second kappa shape index (κ2) is 11.7. The summed E-state index contributed by atoms with van der Waals surface area (Å²) in [5.74, 6) is 0. The second-order valence-corrected chi connectivity index (χ2v) is 7.01. The molecular weight excluding hydrogens is 318 g/mol. The van der Waals surface area contributed by atoms with Crippen molar-refractivity contribution in [3.8, 4) is 0 Å². The van der Waals surface area contributed by atoms with E-state index in [-0.39, 0.29) is 5.41 Å². The summed E-state index contributed by atoms with van der Waals surface area (Å²) >= 11 is 6.11. The van der Waals surface area contributed by atoms with Gasteiger partial charge >= 0.3 is 0 Å². The molecule has 0 aliphatic carbocycles. The number of carbonyl (C=O) groups excluding carboxylic acids is 1. The smallest absolute Gasteiger partial charge is 0.130 e. The van der Waals surface area contributed by atoms with Crippen molar-refractivity contribution in [1.29, 1.82) is 0 Å². The van der Waals surface area contributed by atoms with E-state index in [9.17, 15) is 4.79 Å². The number of carbonyl (C=O) groups is 1. The van der Waals surface area contributed by atoms with Crippen LogP contribution in [0.5, 0.6) is 0 Å². The summed E-state index contributed by atoms with van der Waals surface area (Å²) in [7, 11) is 0. The Bertz CT molecular complexity index is 477. The summed E-state index contributed by atoms with van der Waals surface area (Å²) in [6, 6.07) is 6.42. The number of hydrogen-bond acceptors (Lipinski definition) is 2. The predicted octanol–water partition coefficient (Wildman–Crippen LogP) is 6.03. The number of benzene rings is 1. The lowest BCUT2D eigenvalue weighted by atomic mass is 9.72. The highest BCUT2D eigenvalue weighted by Crippen LogP contribution is 2.37. The first kappa shape index (κ1) is 23.1. The van der Waals surface area contributed by atoms with E-state index in [0.29, 0.717) is 11.1 Å². The van der Waals surface area contributed by atoms with E-state index < -0.39 is 0 Å². The number of nitrogens with zero attached hydrogens (tertiary/aromatic N) is 1. The van der Waals surface area contributed by atoms with Crippen molar-refractivity contribution in [2.24, 2.45) is 0 Å². The highest BCUT2D eigenvalue weighted by Gasteiger charge is 2.37. The van der Waals surface area contributed by atoms with Crippen LogP contribution in [-0.4, -0.2) is 30.3 Å². The van der Waals surface area contributed by atoms with E-state index in [0.717, 1.165) is 43.3 Å². The number of piperidine rings is 1. The Kier molecular flexibility index (Phi) is 11.2. The zero-order valence-electron chi connectivity index (χ0n) is 16.7. The second-order valence-electron chi connectivity index (χ2n) is 6.57. The molecule has 0 N–H and O–H groups in total. The molecule has 0 bridgehead atoms. The quantitative estimate of drug-likeness (QED) is 0.618. The van der Waals surface area contributed by atoms with E-state index in [4.69, 9.17) is 11.6 Å². The van der Waals surface area contributed by atoms with Crippen molar-refractivity contribution < 1.29 is 4.79 Å². The molecule has 0 atom stereocenters. The molecule has 3 heteroatoms. The number of hydrogen-bond donors (Lipinski definition) is 0. The first-order valence-corrected chi connectivity index (χ1v) is 9.75. The molecule has 1 aliphatic rings. The fourth-order valence-electron chi connectivity index (χ4n) is 3.02. The van der Waals surface area contributed by atoms with Crippen LogP contribution in [0.2, 0.25) is 5.02 Å². The fourth-order valence-corrected chi connectivity index (χ4v) is 3.19. The molecule has 1 aromatic rings. The average Bonchev–Trinajstić information content (AvgIpc) is 2.59. The SMILES string of the molecule is CC.CCC.Cc1ccc(Cl)cc1C1(C=O)CCN(C(C)C)CC1. The van der Waals surface area contributed by atoms with Crippen molar-refractivity contribution in [3.05, 3.63) is 34.3 Å². The Morgan fingerprint density at radius 3 is 2.12 bits per heavy atom. The number of rotatable bonds is 3. The van der Waals surface area contributed by atoms with Gasteiger partial charge in [-0.25, -0.2) is 0 Å². The Labute approximate surface area is 154 Å². The van der Waals surface area contributed by atoms with Gasteiger partial charge in [0.05, 0.1) is 5.41 Å². The van der Waals surface area contributed by atoms with Crippen molar-refractivity contribution in [2.45, 2.75) is 79.2 Å². The van der Waals surface area contributed by atoms with Gasteiger partial charge in [-0.05, 0) is 70.0 Å². The van der Waals surface area contributed by atoms with Gasteiger partial charge in [0.2, 0.25) is 0 Å². The van der Waals surface area contributed by atoms with Crippen LogP contribution in [0.25, 0.3) is 0 Å². The first-order valence-electron chi connectivity index (χ1n) is 9.37. The van der Waals surface area contributed by atoms with Crippen molar-refractivity contribution in [3.63, 3.8) is 0 Å². The molecule has 1 saturated heterocycles. The van der Waals surface area contributed by atoms with Gasteiger partial charge in [-0.15, -0.1) is 0 Å². The van der Waals surface area contributed by atoms with Gasteiger partial charge in [-0.3, -0.25) is 0 Å². The van der Waals surface area contributed by atoms with Crippen LogP contribution in [0.15, 0.2) is 18.2 Å². The summed E-state index contributed by atoms with van der Waals surface area (Å²) in [4.78, 5) is 14.2. The van der Waals surface area contributed by atoms with Gasteiger partial charge < -0.3 is 9.69 Å². The highest BCUT2D eigenvalue weighted by molar-refractivity contribution is 6.30. The molecule has 2 nitrogen and oxygen atoms in total. The third-order valence-electron chi connectivity index (χ3n) is 4.38. The molecule has 2 rings (SSSR count). The molecule has 1 heterocycles. The molecule has 1 fully saturated rings. The number of likely N-dealkylation sites (tertiary alicyclic amines) is 1. The van der Waals surface area contributed by atoms with Crippen LogP contribution in [0.4, 0.5) is 0 Å². The van der Waals surface area contributed by atoms with Gasteiger partial charge in [0.1, 0.15) is 6.29 Å². The Hall–Kier alpha value is -0.860. The molecule has 0 amide bonds. The van der Waals surface area contributed by atoms with Crippen LogP contribution >= 0.6 is 11.6 Å². The minimum absolute atomic E-state index is 0.347. The fraction of sp³-hybridized carbons (Fsp3) is 0.667. The van der Waals surface area contributed by atoms with Gasteiger partial charge in [-0.1, -0.05) is 51.8 Å². The van der Waals surface area contributed by atoms with E-state index in [1.807, 2.05) is 32.0 Å². The lowest BCUT2D eigenvalue weighted by molar-refractivity contribution is -0.114. The monoisotopic (exact) mass is 353 g/mol. The molecule has 0 unspecified atom stereocenters. The molecule has 1 aliphatic heterocycles. The standard InChI is InChI=1S/C16H22ClNO.C3H8.C2H6/c1-12(2)18-8-6-16(11-19,7-9-18)15-10-14(17)5-4-13(15)3;1-3-2;1-2/h4-5,10-12H,6-9H2,1-3H3;3H2,1-2H3;1-2H3. The maximum atomic E-state index is 11.8. The van der Waals surface area contributed by atoms with Gasteiger partial charge in [0, 0.05) is 11.1 Å². The van der Waals surface area contributed by atoms with Gasteiger partial charge in [0.15, 0.2) is 0 Å². The molecule has 138 valence electrons. The summed E-state index contributed by atoms with van der Waals surface area (Å²) in [6.07, 6.45) is 4.16. The Morgan fingerprint density at radius 2 is 1.71 bits per heavy atom. The van der Waals surface area contributed by atoms with Crippen LogP contribution in [0, 0.1) is 6.92 Å². The molecule has 0 radical (unpaired) electrons. The molecule has 1 aromatic carbocycles. The van der Waals surface area contributed by atoms with Crippen molar-refractivity contribution in [2.75, 3.05) is 13.1 Å². The minimum atomic E-state index is -0.347. The van der Waals surface area contributed by atoms with Crippen molar-refractivity contribution >= 4 is 17.9 Å². The Morgan fingerprint density at radius 1 is 1.21 bits per heavy atom. The number of halogens is 1. The van der Waals surface area contributed by atoms with Gasteiger partial charge in [0.25, 0.3) is 0 Å². The number of aryl methyl sites for hydroxylation is 1. The van der Waals surface area contributed by atoms with Gasteiger partial charge in [-0.2, -0.15) is 0 Å². The summed E-state index contributed by atoms with van der Waals surface area (Å²) in [5.41, 5.74) is 1.92. The maximum Gasteiger partial charge on any atom is 0.130 e. The topological polar surface area (TPSA) is 20.3 Å². The maximum absolute atomic E-state index is 11.8. The summed E-state index contributed by atoms with van der Waals surface area (Å²) < 4.78 is 0. The Balaban J connectivity index is 0.000000952. The predicted molar refractivity (Wildman–Crippen MR) is 107 cm³/mol. The summed E-state index contributed by atoms with van der Waals surface area (Å²) in [6.45, 7) is 16.7. The lowest BCUT2D eigenvalue weighted by Crippen LogP contribution is -2.46. The number of aldehydes is 1. The van der Waals surface area contributed by atoms with E-state index in [1.165, 1.54) is 6.42 Å². The van der Waals surface area contributed by atoms with Crippen LogP contribution in [0.1, 0.15) is 71.9 Å². The zero-order chi connectivity index (χ0) is 18.8. The molecule has 0 aromatic heterocycles. The molecule has 0 spiro atoms. The van der Waals surface area contributed by atoms with Crippen LogP contribution in [0.3, 0.4) is 0 Å². The zero-order valence-corrected chi connectivity index (χ0v) is 17.4. The minimum Gasteiger partial charge on any atom is -0.302 e. The van der Waals surface area contributed by atoms with E-state index in [2.05, 4.69) is 39.5 Å². The molecule has 0 saturated carbocycles.